The Morgan fingerprint density at radius 1 is 1.24 bits per heavy atom. The van der Waals surface area contributed by atoms with Gasteiger partial charge in [-0.2, -0.15) is 0 Å². The molecule has 1 aliphatic heterocycles. The Morgan fingerprint density at radius 2 is 2.04 bits per heavy atom. The molecule has 0 aromatic carbocycles. The van der Waals surface area contributed by atoms with Gasteiger partial charge in [0, 0.05) is 26.7 Å². The van der Waals surface area contributed by atoms with Crippen LogP contribution in [0, 0.1) is 5.92 Å². The van der Waals surface area contributed by atoms with Crippen LogP contribution in [0.5, 0.6) is 0 Å². The van der Waals surface area contributed by atoms with E-state index in [1.165, 1.54) is 11.0 Å². The highest BCUT2D eigenvalue weighted by atomic mass is 16.2. The number of hydrogen-bond donors (Lipinski definition) is 1. The molecule has 2 aromatic heterocycles. The van der Waals surface area contributed by atoms with E-state index >= 15 is 0 Å². The van der Waals surface area contributed by atoms with E-state index in [2.05, 4.69) is 20.4 Å². The first-order valence-corrected chi connectivity index (χ1v) is 8.43. The molecule has 2 amide bonds. The molecule has 134 valence electrons. The van der Waals surface area contributed by atoms with Gasteiger partial charge in [-0.05, 0) is 12.3 Å². The fraction of sp³-hybridized carbons (Fsp3) is 0.562. The molecular formula is C16H23N7O2. The average molecular weight is 345 g/mol. The second-order valence-electron chi connectivity index (χ2n) is 6.66. The normalized spacial score (nSPS) is 14.3. The zero-order chi connectivity index (χ0) is 18.0. The predicted molar refractivity (Wildman–Crippen MR) is 89.8 cm³/mol. The van der Waals surface area contributed by atoms with Crippen LogP contribution in [0.2, 0.25) is 0 Å². The predicted octanol–water partition coefficient (Wildman–Crippen LogP) is 0.443. The number of carbonyl (C=O) groups is 2. The number of rotatable bonds is 4. The highest BCUT2D eigenvalue weighted by molar-refractivity contribution is 5.94. The molecule has 3 heterocycles. The third kappa shape index (κ3) is 3.70. The molecule has 0 bridgehead atoms. The standard InChI is InChI=1S/C16H23N7O2/c1-11(2)7-17-15(24)13-12-8-22(5-4-6-23(12)10-18-13)16(25)14-19-9-21(3)20-14/h9-11H,4-8H2,1-3H3,(H,17,24). The zero-order valence-corrected chi connectivity index (χ0v) is 14.8. The summed E-state index contributed by atoms with van der Waals surface area (Å²) in [5, 5.41) is 6.97. The molecule has 0 saturated heterocycles. The Morgan fingerprint density at radius 3 is 2.72 bits per heavy atom. The number of imidazole rings is 1. The molecule has 0 atom stereocenters. The summed E-state index contributed by atoms with van der Waals surface area (Å²) in [5.74, 6) is 0.0937. The number of aryl methyl sites for hydroxylation is 2. The lowest BCUT2D eigenvalue weighted by Crippen LogP contribution is -2.33. The van der Waals surface area contributed by atoms with Crippen LogP contribution in [-0.4, -0.2) is 54.1 Å². The van der Waals surface area contributed by atoms with Crippen LogP contribution in [0.1, 0.15) is 47.1 Å². The molecule has 1 aliphatic rings. The van der Waals surface area contributed by atoms with Crippen LogP contribution in [0.4, 0.5) is 0 Å². The number of nitrogens with zero attached hydrogens (tertiary/aromatic N) is 6. The first-order chi connectivity index (χ1) is 12.0. The van der Waals surface area contributed by atoms with E-state index in [4.69, 9.17) is 0 Å². The average Bonchev–Trinajstić information content (AvgIpc) is 3.12. The lowest BCUT2D eigenvalue weighted by molar-refractivity contribution is 0.0730. The zero-order valence-electron chi connectivity index (χ0n) is 14.8. The second-order valence-corrected chi connectivity index (χ2v) is 6.66. The van der Waals surface area contributed by atoms with Gasteiger partial charge in [-0.15, -0.1) is 5.10 Å². The van der Waals surface area contributed by atoms with Crippen molar-refractivity contribution in [2.75, 3.05) is 13.1 Å². The largest absolute Gasteiger partial charge is 0.350 e. The van der Waals surface area contributed by atoms with Gasteiger partial charge in [0.15, 0.2) is 5.69 Å². The third-order valence-electron chi connectivity index (χ3n) is 4.08. The van der Waals surface area contributed by atoms with Gasteiger partial charge in [0.25, 0.3) is 11.8 Å². The van der Waals surface area contributed by atoms with E-state index in [1.54, 1.807) is 18.3 Å². The Hall–Kier alpha value is -2.71. The van der Waals surface area contributed by atoms with Crippen molar-refractivity contribution < 1.29 is 9.59 Å². The number of carbonyl (C=O) groups excluding carboxylic acids is 2. The Balaban J connectivity index is 1.80. The molecular weight excluding hydrogens is 322 g/mol. The number of nitrogens with one attached hydrogen (secondary N) is 1. The number of fused-ring (bicyclic) bond motifs is 1. The molecule has 2 aromatic rings. The maximum absolute atomic E-state index is 12.7. The second kappa shape index (κ2) is 7.04. The van der Waals surface area contributed by atoms with E-state index in [0.717, 1.165) is 18.7 Å². The van der Waals surface area contributed by atoms with Crippen molar-refractivity contribution in [3.8, 4) is 0 Å². The molecule has 0 saturated carbocycles. The lowest BCUT2D eigenvalue weighted by Gasteiger charge is -2.18. The highest BCUT2D eigenvalue weighted by Crippen LogP contribution is 2.17. The minimum absolute atomic E-state index is 0.168. The first kappa shape index (κ1) is 17.1. The minimum atomic E-state index is -0.233. The van der Waals surface area contributed by atoms with Crippen molar-refractivity contribution in [3.63, 3.8) is 0 Å². The van der Waals surface area contributed by atoms with Gasteiger partial charge in [0.1, 0.15) is 6.33 Å². The maximum atomic E-state index is 12.7. The molecule has 3 rings (SSSR count). The summed E-state index contributed by atoms with van der Waals surface area (Å²) in [7, 11) is 1.72. The van der Waals surface area contributed by atoms with Gasteiger partial charge in [0.2, 0.25) is 5.82 Å². The SMILES string of the molecule is CC(C)CNC(=O)c1ncn2c1CN(C(=O)c1ncn(C)n1)CCC2. The van der Waals surface area contributed by atoms with Gasteiger partial charge in [0.05, 0.1) is 18.6 Å². The van der Waals surface area contributed by atoms with Crippen molar-refractivity contribution in [1.29, 1.82) is 0 Å². The van der Waals surface area contributed by atoms with Crippen LogP contribution < -0.4 is 5.32 Å². The van der Waals surface area contributed by atoms with E-state index in [1.807, 2.05) is 18.4 Å². The summed E-state index contributed by atoms with van der Waals surface area (Å²) in [6.07, 6.45) is 3.96. The van der Waals surface area contributed by atoms with E-state index < -0.39 is 0 Å². The van der Waals surface area contributed by atoms with Crippen molar-refractivity contribution in [3.05, 3.63) is 29.9 Å². The van der Waals surface area contributed by atoms with Crippen molar-refractivity contribution >= 4 is 11.8 Å². The minimum Gasteiger partial charge on any atom is -0.350 e. The van der Waals surface area contributed by atoms with Crippen LogP contribution in [0.15, 0.2) is 12.7 Å². The van der Waals surface area contributed by atoms with Gasteiger partial charge in [-0.1, -0.05) is 13.8 Å². The van der Waals surface area contributed by atoms with Gasteiger partial charge in [-0.25, -0.2) is 9.97 Å². The molecule has 0 unspecified atom stereocenters. The monoisotopic (exact) mass is 345 g/mol. The number of hydrogen-bond acceptors (Lipinski definition) is 5. The van der Waals surface area contributed by atoms with Gasteiger partial charge >= 0.3 is 0 Å². The van der Waals surface area contributed by atoms with Crippen molar-refractivity contribution in [1.82, 2.24) is 34.5 Å². The quantitative estimate of drug-likeness (QED) is 0.867. The molecule has 0 aliphatic carbocycles. The van der Waals surface area contributed by atoms with E-state index in [-0.39, 0.29) is 17.6 Å². The first-order valence-electron chi connectivity index (χ1n) is 8.43. The molecule has 25 heavy (non-hydrogen) atoms. The Labute approximate surface area is 146 Å². The summed E-state index contributed by atoms with van der Waals surface area (Å²) in [6.45, 7) is 6.29. The topological polar surface area (TPSA) is 97.9 Å². The molecule has 0 radical (unpaired) electrons. The lowest BCUT2D eigenvalue weighted by atomic mass is 10.2. The van der Waals surface area contributed by atoms with Crippen LogP contribution >= 0.6 is 0 Å². The molecule has 0 fully saturated rings. The molecule has 0 spiro atoms. The number of amides is 2. The smallest absolute Gasteiger partial charge is 0.293 e. The molecule has 9 nitrogen and oxygen atoms in total. The Bertz CT molecular complexity index is 777. The summed E-state index contributed by atoms with van der Waals surface area (Å²) >= 11 is 0. The summed E-state index contributed by atoms with van der Waals surface area (Å²) in [5.41, 5.74) is 1.14. The fourth-order valence-corrected chi connectivity index (χ4v) is 2.78. The third-order valence-corrected chi connectivity index (χ3v) is 4.08. The van der Waals surface area contributed by atoms with Crippen molar-refractivity contribution in [2.24, 2.45) is 13.0 Å². The van der Waals surface area contributed by atoms with Gasteiger partial charge < -0.3 is 14.8 Å². The fourth-order valence-electron chi connectivity index (χ4n) is 2.78. The van der Waals surface area contributed by atoms with Crippen molar-refractivity contribution in [2.45, 2.75) is 33.4 Å². The summed E-state index contributed by atoms with van der Waals surface area (Å²) < 4.78 is 3.45. The van der Waals surface area contributed by atoms with Crippen LogP contribution in [-0.2, 0) is 20.1 Å². The maximum Gasteiger partial charge on any atom is 0.293 e. The van der Waals surface area contributed by atoms with E-state index in [9.17, 15) is 9.59 Å². The highest BCUT2D eigenvalue weighted by Gasteiger charge is 2.27. The van der Waals surface area contributed by atoms with E-state index in [0.29, 0.717) is 31.2 Å². The van der Waals surface area contributed by atoms with Crippen LogP contribution in [0.25, 0.3) is 0 Å². The number of aromatic nitrogens is 5. The van der Waals surface area contributed by atoms with Gasteiger partial charge in [-0.3, -0.25) is 14.3 Å². The Kier molecular flexibility index (Phi) is 4.82. The summed E-state index contributed by atoms with van der Waals surface area (Å²) in [4.78, 5) is 35.0. The molecule has 9 heteroatoms. The van der Waals surface area contributed by atoms with Crippen LogP contribution in [0.3, 0.4) is 0 Å². The molecule has 1 N–H and O–H groups in total. The summed E-state index contributed by atoms with van der Waals surface area (Å²) in [6, 6.07) is 0.